The van der Waals surface area contributed by atoms with Gasteiger partial charge in [-0.2, -0.15) is 0 Å². The van der Waals surface area contributed by atoms with Gasteiger partial charge in [-0.25, -0.2) is 0 Å². The third-order valence-electron chi connectivity index (χ3n) is 3.65. The average Bonchev–Trinajstić information content (AvgIpc) is 2.71. The minimum atomic E-state index is -0.475. The zero-order valence-corrected chi connectivity index (χ0v) is 17.8. The van der Waals surface area contributed by atoms with Crippen molar-refractivity contribution in [2.75, 3.05) is 13.7 Å². The Morgan fingerprint density at radius 3 is 2.46 bits per heavy atom. The van der Waals surface area contributed by atoms with Gasteiger partial charge in [-0.1, -0.05) is 35.0 Å². The highest BCUT2D eigenvalue weighted by Crippen LogP contribution is 2.22. The van der Waals surface area contributed by atoms with Gasteiger partial charge in [0, 0.05) is 4.47 Å². The van der Waals surface area contributed by atoms with E-state index in [4.69, 9.17) is 21.7 Å². The van der Waals surface area contributed by atoms with Gasteiger partial charge in [0.15, 0.2) is 11.7 Å². The highest BCUT2D eigenvalue weighted by Gasteiger charge is 2.14. The third kappa shape index (κ3) is 6.50. The summed E-state index contributed by atoms with van der Waals surface area (Å²) >= 11 is 8.31. The molecule has 148 valence electrons. The van der Waals surface area contributed by atoms with Crippen molar-refractivity contribution >= 4 is 45.1 Å². The molecule has 9 heteroatoms. The molecule has 0 radical (unpaired) electrons. The Labute approximate surface area is 176 Å². The predicted molar refractivity (Wildman–Crippen MR) is 113 cm³/mol. The molecule has 0 atom stereocenters. The van der Waals surface area contributed by atoms with Crippen molar-refractivity contribution < 1.29 is 19.1 Å². The van der Waals surface area contributed by atoms with Crippen LogP contribution < -0.4 is 25.6 Å². The third-order valence-corrected chi connectivity index (χ3v) is 4.35. The van der Waals surface area contributed by atoms with Gasteiger partial charge in [-0.3, -0.25) is 25.8 Å². The fourth-order valence-corrected chi connectivity index (χ4v) is 2.70. The summed E-state index contributed by atoms with van der Waals surface area (Å²) in [6.45, 7) is 1.86. The van der Waals surface area contributed by atoms with Gasteiger partial charge in [0.1, 0.15) is 11.5 Å². The average molecular weight is 466 g/mol. The molecule has 7 nitrogen and oxygen atoms in total. The molecule has 3 N–H and O–H groups in total. The standard InChI is InChI=1S/C19H20BrN3O4S/c1-3-12-4-7-14(8-5-12)27-11-17(24)22-23-19(28)21-18(25)15-10-13(20)6-9-16(15)26-2/h4-10H,3,11H2,1-2H3,(H,22,24)(H2,21,23,25,28). The Morgan fingerprint density at radius 1 is 1.11 bits per heavy atom. The molecule has 28 heavy (non-hydrogen) atoms. The second-order valence-electron chi connectivity index (χ2n) is 5.59. The van der Waals surface area contributed by atoms with E-state index in [-0.39, 0.29) is 11.7 Å². The Bertz CT molecular complexity index is 859. The minimum Gasteiger partial charge on any atom is -0.496 e. The van der Waals surface area contributed by atoms with Crippen LogP contribution in [0.2, 0.25) is 0 Å². The summed E-state index contributed by atoms with van der Waals surface area (Å²) in [6.07, 6.45) is 0.930. The van der Waals surface area contributed by atoms with E-state index in [1.54, 1.807) is 30.3 Å². The van der Waals surface area contributed by atoms with Gasteiger partial charge in [-0.05, 0) is 54.5 Å². The molecule has 0 aliphatic rings. The molecule has 2 aromatic rings. The van der Waals surface area contributed by atoms with Crippen LogP contribution in [0.15, 0.2) is 46.9 Å². The number of hydrogen-bond donors (Lipinski definition) is 3. The van der Waals surface area contributed by atoms with Crippen molar-refractivity contribution in [1.82, 2.24) is 16.2 Å². The molecule has 0 heterocycles. The lowest BCUT2D eigenvalue weighted by Gasteiger charge is -2.13. The maximum Gasteiger partial charge on any atom is 0.276 e. The van der Waals surface area contributed by atoms with E-state index < -0.39 is 11.8 Å². The lowest BCUT2D eigenvalue weighted by atomic mass is 10.2. The molecule has 0 spiro atoms. The highest BCUT2D eigenvalue weighted by atomic mass is 79.9. The number of hydrazine groups is 1. The predicted octanol–water partition coefficient (Wildman–Crippen LogP) is 2.73. The molecule has 0 unspecified atom stereocenters. The molecule has 0 aliphatic heterocycles. The number of rotatable bonds is 6. The van der Waals surface area contributed by atoms with E-state index in [1.807, 2.05) is 12.1 Å². The molecule has 0 bridgehead atoms. The van der Waals surface area contributed by atoms with E-state index >= 15 is 0 Å². The van der Waals surface area contributed by atoms with Crippen LogP contribution in [0.4, 0.5) is 0 Å². The van der Waals surface area contributed by atoms with Crippen LogP contribution in [0.1, 0.15) is 22.8 Å². The van der Waals surface area contributed by atoms with Gasteiger partial charge >= 0.3 is 0 Å². The number of thiocarbonyl (C=S) groups is 1. The first-order valence-corrected chi connectivity index (χ1v) is 9.58. The monoisotopic (exact) mass is 465 g/mol. The molecule has 2 amide bonds. The molecule has 0 aromatic heterocycles. The molecule has 0 saturated carbocycles. The van der Waals surface area contributed by atoms with Crippen LogP contribution in [0, 0.1) is 0 Å². The van der Waals surface area contributed by atoms with E-state index in [9.17, 15) is 9.59 Å². The van der Waals surface area contributed by atoms with Crippen LogP contribution in [0.25, 0.3) is 0 Å². The van der Waals surface area contributed by atoms with Crippen molar-refractivity contribution in [2.45, 2.75) is 13.3 Å². The van der Waals surface area contributed by atoms with Crippen LogP contribution in [-0.4, -0.2) is 30.6 Å². The lowest BCUT2D eigenvalue weighted by molar-refractivity contribution is -0.123. The number of aryl methyl sites for hydroxylation is 1. The van der Waals surface area contributed by atoms with Crippen LogP contribution in [0.5, 0.6) is 11.5 Å². The second-order valence-corrected chi connectivity index (χ2v) is 6.91. The maximum absolute atomic E-state index is 12.3. The van der Waals surface area contributed by atoms with Crippen molar-refractivity contribution in [1.29, 1.82) is 0 Å². The Morgan fingerprint density at radius 2 is 1.82 bits per heavy atom. The number of carbonyl (C=O) groups excluding carboxylic acids is 2. The van der Waals surface area contributed by atoms with Crippen LogP contribution >= 0.6 is 28.1 Å². The van der Waals surface area contributed by atoms with Crippen molar-refractivity contribution in [3.8, 4) is 11.5 Å². The second kappa shape index (κ2) is 10.6. The SMILES string of the molecule is CCc1ccc(OCC(=O)NNC(=S)NC(=O)c2cc(Br)ccc2OC)cc1. The molecular formula is C19H20BrN3O4S. The molecule has 2 rings (SSSR count). The number of benzene rings is 2. The number of nitrogens with one attached hydrogen (secondary N) is 3. The quantitative estimate of drug-likeness (QED) is 0.448. The van der Waals surface area contributed by atoms with E-state index in [1.165, 1.54) is 12.7 Å². The summed E-state index contributed by atoms with van der Waals surface area (Å²) in [5.74, 6) is 0.0633. The first kappa shape index (κ1) is 21.6. The Kier molecular flexibility index (Phi) is 8.21. The Hall–Kier alpha value is -2.65. The number of amides is 2. The van der Waals surface area contributed by atoms with Gasteiger partial charge in [-0.15, -0.1) is 0 Å². The molecule has 0 aliphatic carbocycles. The highest BCUT2D eigenvalue weighted by molar-refractivity contribution is 9.10. The number of halogens is 1. The van der Waals surface area contributed by atoms with Crippen molar-refractivity contribution in [2.24, 2.45) is 0 Å². The molecule has 0 saturated heterocycles. The summed E-state index contributed by atoms with van der Waals surface area (Å²) in [5, 5.41) is 2.40. The zero-order valence-electron chi connectivity index (χ0n) is 15.4. The topological polar surface area (TPSA) is 88.7 Å². The number of carbonyl (C=O) groups is 2. The first-order chi connectivity index (χ1) is 13.4. The zero-order chi connectivity index (χ0) is 20.5. The maximum atomic E-state index is 12.3. The normalized spacial score (nSPS) is 9.96. The molecule has 0 fully saturated rings. The van der Waals surface area contributed by atoms with Gasteiger partial charge in [0.2, 0.25) is 0 Å². The molecular weight excluding hydrogens is 446 g/mol. The summed E-state index contributed by atoms with van der Waals surface area (Å²) in [7, 11) is 1.46. The number of hydrogen-bond acceptors (Lipinski definition) is 5. The largest absolute Gasteiger partial charge is 0.496 e. The van der Waals surface area contributed by atoms with Crippen LogP contribution in [-0.2, 0) is 11.2 Å². The van der Waals surface area contributed by atoms with E-state index in [2.05, 4.69) is 39.0 Å². The Balaban J connectivity index is 1.79. The van der Waals surface area contributed by atoms with Gasteiger partial charge in [0.05, 0.1) is 12.7 Å². The van der Waals surface area contributed by atoms with E-state index in [0.717, 1.165) is 10.9 Å². The van der Waals surface area contributed by atoms with Crippen LogP contribution in [0.3, 0.4) is 0 Å². The van der Waals surface area contributed by atoms with Crippen molar-refractivity contribution in [3.63, 3.8) is 0 Å². The fraction of sp³-hybridized carbons (Fsp3) is 0.211. The van der Waals surface area contributed by atoms with Crippen molar-refractivity contribution in [3.05, 3.63) is 58.1 Å². The van der Waals surface area contributed by atoms with E-state index in [0.29, 0.717) is 17.1 Å². The number of methoxy groups -OCH3 is 1. The summed E-state index contributed by atoms with van der Waals surface area (Å²) in [5.41, 5.74) is 6.30. The smallest absolute Gasteiger partial charge is 0.276 e. The minimum absolute atomic E-state index is 0.0623. The lowest BCUT2D eigenvalue weighted by Crippen LogP contribution is -2.49. The first-order valence-electron chi connectivity index (χ1n) is 8.38. The number of ether oxygens (including phenoxy) is 2. The summed E-state index contributed by atoms with van der Waals surface area (Å²) in [4.78, 5) is 24.2. The van der Waals surface area contributed by atoms with Gasteiger partial charge < -0.3 is 9.47 Å². The van der Waals surface area contributed by atoms with Gasteiger partial charge in [0.25, 0.3) is 11.8 Å². The fourth-order valence-electron chi connectivity index (χ4n) is 2.19. The summed E-state index contributed by atoms with van der Waals surface area (Å²) in [6, 6.07) is 12.5. The molecule has 2 aromatic carbocycles. The summed E-state index contributed by atoms with van der Waals surface area (Å²) < 4.78 is 11.3.